The largest absolute Gasteiger partial charge is 0.435 e. The first-order valence-corrected chi connectivity index (χ1v) is 11.8. The molecule has 2 aliphatic heterocycles. The number of rotatable bonds is 4. The number of oxime groups is 1. The minimum atomic E-state index is -4.80. The molecule has 2 atom stereocenters. The Morgan fingerprint density at radius 3 is 2.48 bits per heavy atom. The standard InChI is InChI=1S/C22H17Cl2F3N2O3S/c1-12-6-13(2-3-18(12)20(30)28-17-4-5-33(31)11-17)19-10-21(32-29-19,22(25,26)27)14-7-15(23)9-16(24)8-14/h2-9,11,31,33H,10H2,1H3,(H,28,30). The van der Waals surface area contributed by atoms with E-state index in [1.54, 1.807) is 29.9 Å². The van der Waals surface area contributed by atoms with Crippen LogP contribution in [0.1, 0.15) is 33.5 Å². The summed E-state index contributed by atoms with van der Waals surface area (Å²) < 4.78 is 52.0. The number of amides is 1. The molecule has 0 aliphatic carbocycles. The van der Waals surface area contributed by atoms with E-state index in [9.17, 15) is 22.5 Å². The van der Waals surface area contributed by atoms with Crippen LogP contribution in [-0.4, -0.2) is 22.3 Å². The second-order valence-electron chi connectivity index (χ2n) is 7.55. The molecule has 2 heterocycles. The Labute approximate surface area is 200 Å². The van der Waals surface area contributed by atoms with Gasteiger partial charge in [-0.25, -0.2) is 0 Å². The Morgan fingerprint density at radius 1 is 1.21 bits per heavy atom. The number of hydrogen-bond acceptors (Lipinski definition) is 4. The van der Waals surface area contributed by atoms with Crippen molar-refractivity contribution in [2.45, 2.75) is 25.1 Å². The van der Waals surface area contributed by atoms with E-state index in [1.807, 2.05) is 0 Å². The zero-order valence-electron chi connectivity index (χ0n) is 17.0. The van der Waals surface area contributed by atoms with Gasteiger partial charge in [-0.2, -0.15) is 13.2 Å². The molecule has 2 aromatic rings. The summed E-state index contributed by atoms with van der Waals surface area (Å²) in [5, 5.41) is 9.64. The van der Waals surface area contributed by atoms with Crippen molar-refractivity contribution < 1.29 is 27.4 Å². The molecule has 5 nitrogen and oxygen atoms in total. The van der Waals surface area contributed by atoms with Crippen LogP contribution in [0.25, 0.3) is 0 Å². The summed E-state index contributed by atoms with van der Waals surface area (Å²) in [5.41, 5.74) is -1.15. The highest BCUT2D eigenvalue weighted by atomic mass is 35.5. The highest BCUT2D eigenvalue weighted by Crippen LogP contribution is 2.49. The van der Waals surface area contributed by atoms with Gasteiger partial charge >= 0.3 is 6.18 Å². The molecule has 0 saturated carbocycles. The first-order chi connectivity index (χ1) is 15.5. The molecule has 33 heavy (non-hydrogen) atoms. The van der Waals surface area contributed by atoms with Crippen LogP contribution < -0.4 is 5.32 Å². The fourth-order valence-corrected chi connectivity index (χ4v) is 4.96. The average Bonchev–Trinajstić information content (AvgIpc) is 3.34. The van der Waals surface area contributed by atoms with Gasteiger partial charge in [-0.1, -0.05) is 34.4 Å². The number of thiol groups is 1. The van der Waals surface area contributed by atoms with E-state index in [1.165, 1.54) is 18.2 Å². The van der Waals surface area contributed by atoms with Crippen molar-refractivity contribution in [2.75, 3.05) is 0 Å². The van der Waals surface area contributed by atoms with Crippen LogP contribution in [0.5, 0.6) is 0 Å². The quantitative estimate of drug-likeness (QED) is 0.408. The fourth-order valence-electron chi connectivity index (χ4n) is 3.60. The molecule has 4 rings (SSSR count). The third kappa shape index (κ3) is 4.63. The summed E-state index contributed by atoms with van der Waals surface area (Å²) in [5.74, 6) is -0.400. The molecule has 2 aliphatic rings. The van der Waals surface area contributed by atoms with Crippen LogP contribution in [0.3, 0.4) is 0 Å². The van der Waals surface area contributed by atoms with Gasteiger partial charge in [-0.3, -0.25) is 4.79 Å². The highest BCUT2D eigenvalue weighted by molar-refractivity contribution is 8.17. The van der Waals surface area contributed by atoms with E-state index in [4.69, 9.17) is 28.0 Å². The predicted octanol–water partition coefficient (Wildman–Crippen LogP) is 6.46. The topological polar surface area (TPSA) is 70.9 Å². The van der Waals surface area contributed by atoms with Crippen LogP contribution in [0.2, 0.25) is 10.0 Å². The summed E-state index contributed by atoms with van der Waals surface area (Å²) in [6.07, 6.45) is -3.78. The van der Waals surface area contributed by atoms with Crippen LogP contribution >= 0.6 is 34.4 Å². The summed E-state index contributed by atoms with van der Waals surface area (Å²) in [6.45, 7) is 1.67. The Bertz CT molecular complexity index is 1210. The Hall–Kier alpha value is -2.46. The van der Waals surface area contributed by atoms with Crippen molar-refractivity contribution in [3.8, 4) is 0 Å². The number of halogens is 5. The summed E-state index contributed by atoms with van der Waals surface area (Å²) in [7, 11) is 0. The zero-order chi connectivity index (χ0) is 24.0. The van der Waals surface area contributed by atoms with E-state index in [2.05, 4.69) is 10.5 Å². The lowest BCUT2D eigenvalue weighted by Crippen LogP contribution is -2.42. The number of carbonyl (C=O) groups is 1. The van der Waals surface area contributed by atoms with Gasteiger partial charge in [0.15, 0.2) is 0 Å². The van der Waals surface area contributed by atoms with Gasteiger partial charge in [0.2, 0.25) is 0 Å². The number of hydrogen-bond donors (Lipinski definition) is 3. The maximum Gasteiger partial charge on any atom is 0.435 e. The summed E-state index contributed by atoms with van der Waals surface area (Å²) in [6, 6.07) is 8.24. The first kappa shape index (κ1) is 23.7. The van der Waals surface area contributed by atoms with Crippen molar-refractivity contribution in [3.05, 3.63) is 91.3 Å². The molecule has 0 fully saturated rings. The van der Waals surface area contributed by atoms with E-state index in [0.29, 0.717) is 22.4 Å². The molecule has 0 radical (unpaired) electrons. The maximum absolute atomic E-state index is 14.2. The third-order valence-electron chi connectivity index (χ3n) is 5.26. The second-order valence-corrected chi connectivity index (χ2v) is 9.74. The van der Waals surface area contributed by atoms with Crippen LogP contribution in [0.15, 0.2) is 64.1 Å². The minimum absolute atomic E-state index is 0.0466. The lowest BCUT2D eigenvalue weighted by molar-refractivity contribution is -0.275. The first-order valence-electron chi connectivity index (χ1n) is 9.56. The van der Waals surface area contributed by atoms with Gasteiger partial charge in [-0.15, -0.1) is 11.2 Å². The van der Waals surface area contributed by atoms with E-state index < -0.39 is 35.3 Å². The normalized spacial score (nSPS) is 23.2. The molecule has 0 bridgehead atoms. The number of nitrogens with zero attached hydrogens (tertiary/aromatic N) is 1. The zero-order valence-corrected chi connectivity index (χ0v) is 19.4. The van der Waals surface area contributed by atoms with Gasteiger partial charge in [0.1, 0.15) is 0 Å². The summed E-state index contributed by atoms with van der Waals surface area (Å²) in [4.78, 5) is 17.6. The minimum Gasteiger partial charge on any atom is -0.374 e. The smallest absolute Gasteiger partial charge is 0.374 e. The van der Waals surface area contributed by atoms with Crippen molar-refractivity contribution in [1.29, 1.82) is 0 Å². The van der Waals surface area contributed by atoms with Crippen LogP contribution in [0.4, 0.5) is 13.2 Å². The molecule has 1 amide bonds. The maximum atomic E-state index is 14.2. The molecule has 0 saturated heterocycles. The van der Waals surface area contributed by atoms with Crippen molar-refractivity contribution >= 4 is 46.0 Å². The highest BCUT2D eigenvalue weighted by Gasteiger charge is 2.62. The number of nitrogens with one attached hydrogen (secondary N) is 1. The molecule has 11 heteroatoms. The number of aryl methyl sites for hydroxylation is 1. The molecular weight excluding hydrogens is 500 g/mol. The van der Waals surface area contributed by atoms with Gasteiger partial charge in [-0.05, 0) is 59.9 Å². The van der Waals surface area contributed by atoms with E-state index in [-0.39, 0.29) is 21.3 Å². The predicted molar refractivity (Wildman–Crippen MR) is 124 cm³/mol. The Morgan fingerprint density at radius 2 is 1.91 bits per heavy atom. The molecule has 2 unspecified atom stereocenters. The van der Waals surface area contributed by atoms with Crippen molar-refractivity contribution in [1.82, 2.24) is 5.32 Å². The number of benzene rings is 2. The fraction of sp³-hybridized carbons (Fsp3) is 0.182. The molecule has 0 spiro atoms. The summed E-state index contributed by atoms with van der Waals surface area (Å²) >= 11 is 10.5. The second kappa shape index (κ2) is 8.72. The average molecular weight is 517 g/mol. The van der Waals surface area contributed by atoms with E-state index in [0.717, 1.165) is 12.1 Å². The Kier molecular flexibility index (Phi) is 6.26. The molecule has 2 aromatic carbocycles. The van der Waals surface area contributed by atoms with Gasteiger partial charge < -0.3 is 14.7 Å². The van der Waals surface area contributed by atoms with Crippen LogP contribution in [0, 0.1) is 6.92 Å². The Balaban J connectivity index is 1.60. The number of carbonyl (C=O) groups excluding carboxylic acids is 1. The lowest BCUT2D eigenvalue weighted by atomic mass is 9.86. The lowest BCUT2D eigenvalue weighted by Gasteiger charge is -2.29. The van der Waals surface area contributed by atoms with Gasteiger partial charge in [0.25, 0.3) is 11.5 Å². The molecule has 174 valence electrons. The van der Waals surface area contributed by atoms with Gasteiger partial charge in [0, 0.05) is 38.7 Å². The monoisotopic (exact) mass is 516 g/mol. The van der Waals surface area contributed by atoms with Crippen molar-refractivity contribution in [2.24, 2.45) is 5.16 Å². The van der Waals surface area contributed by atoms with E-state index >= 15 is 0 Å². The van der Waals surface area contributed by atoms with Crippen molar-refractivity contribution in [3.63, 3.8) is 0 Å². The molecule has 2 N–H and O–H groups in total. The number of allylic oxidation sites excluding steroid dienone is 1. The molecular formula is C22H17Cl2F3N2O3S. The van der Waals surface area contributed by atoms with Gasteiger partial charge in [0.05, 0.1) is 5.71 Å². The molecule has 0 aromatic heterocycles. The third-order valence-corrected chi connectivity index (χ3v) is 6.69. The van der Waals surface area contributed by atoms with Crippen LogP contribution in [-0.2, 0) is 10.4 Å². The number of alkyl halides is 3. The SMILES string of the molecule is Cc1cc(C2=NOC(c3cc(Cl)cc(Cl)c3)(C(F)(F)F)C2)ccc1C(=O)NC1=C[SH](O)C=C1.